The maximum Gasteiger partial charge on any atom is 0.147 e. The van der Waals surface area contributed by atoms with E-state index in [1.807, 2.05) is 4.90 Å². The third kappa shape index (κ3) is 2.72. The summed E-state index contributed by atoms with van der Waals surface area (Å²) in [6.45, 7) is 4.84. The monoisotopic (exact) mass is 212 g/mol. The minimum Gasteiger partial charge on any atom is -0.395 e. The van der Waals surface area contributed by atoms with Crippen molar-refractivity contribution in [3.05, 3.63) is 36.0 Å². The van der Waals surface area contributed by atoms with Crippen molar-refractivity contribution in [2.24, 2.45) is 0 Å². The lowest BCUT2D eigenvalue weighted by Gasteiger charge is -2.21. The van der Waals surface area contributed by atoms with Crippen molar-refractivity contribution >= 4 is 17.4 Å². The standard InChI is InChI=1S/C10H13ClN2O/c1-2-6-13(7-8-14)10-9(11)4-3-5-12-10/h2-5,14H,1,6-8H2. The molecule has 0 aliphatic rings. The van der Waals surface area contributed by atoms with Crippen molar-refractivity contribution in [1.82, 2.24) is 4.98 Å². The van der Waals surface area contributed by atoms with Crippen LogP contribution in [0.15, 0.2) is 31.0 Å². The Morgan fingerprint density at radius 3 is 3.00 bits per heavy atom. The lowest BCUT2D eigenvalue weighted by atomic mass is 10.4. The number of hydrogen-bond donors (Lipinski definition) is 1. The predicted molar refractivity (Wildman–Crippen MR) is 58.7 cm³/mol. The van der Waals surface area contributed by atoms with Crippen LogP contribution in [-0.4, -0.2) is 29.8 Å². The Morgan fingerprint density at radius 1 is 1.64 bits per heavy atom. The summed E-state index contributed by atoms with van der Waals surface area (Å²) < 4.78 is 0. The zero-order chi connectivity index (χ0) is 10.4. The highest BCUT2D eigenvalue weighted by molar-refractivity contribution is 6.32. The van der Waals surface area contributed by atoms with Gasteiger partial charge in [-0.25, -0.2) is 4.98 Å². The molecule has 0 saturated carbocycles. The molecule has 1 rings (SSSR count). The lowest BCUT2D eigenvalue weighted by molar-refractivity contribution is 0.302. The minimum absolute atomic E-state index is 0.0702. The van der Waals surface area contributed by atoms with Gasteiger partial charge in [-0.2, -0.15) is 0 Å². The van der Waals surface area contributed by atoms with Crippen LogP contribution in [0, 0.1) is 0 Å². The number of halogens is 1. The number of anilines is 1. The average Bonchev–Trinajstić information content (AvgIpc) is 2.18. The number of aliphatic hydroxyl groups is 1. The molecule has 1 aromatic rings. The van der Waals surface area contributed by atoms with Crippen LogP contribution in [0.3, 0.4) is 0 Å². The minimum atomic E-state index is 0.0702. The molecule has 14 heavy (non-hydrogen) atoms. The van der Waals surface area contributed by atoms with Crippen molar-refractivity contribution < 1.29 is 5.11 Å². The van der Waals surface area contributed by atoms with Crippen LogP contribution in [0.4, 0.5) is 5.82 Å². The van der Waals surface area contributed by atoms with Gasteiger partial charge in [-0.1, -0.05) is 17.7 Å². The van der Waals surface area contributed by atoms with Crippen LogP contribution >= 0.6 is 11.6 Å². The first-order chi connectivity index (χ1) is 6.79. The van der Waals surface area contributed by atoms with E-state index in [1.54, 1.807) is 24.4 Å². The van der Waals surface area contributed by atoms with Crippen molar-refractivity contribution in [2.45, 2.75) is 0 Å². The van der Waals surface area contributed by atoms with Gasteiger partial charge >= 0.3 is 0 Å². The third-order valence-corrected chi connectivity index (χ3v) is 2.05. The molecule has 0 atom stereocenters. The van der Waals surface area contributed by atoms with Gasteiger partial charge in [0.05, 0.1) is 11.6 Å². The molecule has 0 aromatic carbocycles. The van der Waals surface area contributed by atoms with Crippen LogP contribution in [0.1, 0.15) is 0 Å². The fourth-order valence-electron chi connectivity index (χ4n) is 1.17. The molecule has 0 unspecified atom stereocenters. The van der Waals surface area contributed by atoms with Crippen LogP contribution in [0.2, 0.25) is 5.02 Å². The summed E-state index contributed by atoms with van der Waals surface area (Å²) in [7, 11) is 0. The molecule has 1 aromatic heterocycles. The first-order valence-corrected chi connectivity index (χ1v) is 4.74. The Labute approximate surface area is 88.6 Å². The normalized spacial score (nSPS) is 9.86. The highest BCUT2D eigenvalue weighted by atomic mass is 35.5. The van der Waals surface area contributed by atoms with Crippen molar-refractivity contribution in [1.29, 1.82) is 0 Å². The first-order valence-electron chi connectivity index (χ1n) is 4.36. The molecule has 4 heteroatoms. The van der Waals surface area contributed by atoms with Gasteiger partial charge in [0, 0.05) is 19.3 Å². The SMILES string of the molecule is C=CCN(CCO)c1ncccc1Cl. The fourth-order valence-corrected chi connectivity index (χ4v) is 1.41. The number of nitrogens with zero attached hydrogens (tertiary/aromatic N) is 2. The van der Waals surface area contributed by atoms with Gasteiger partial charge in [-0.3, -0.25) is 0 Å². The summed E-state index contributed by atoms with van der Waals surface area (Å²) in [6, 6.07) is 3.55. The molecule has 0 radical (unpaired) electrons. The van der Waals surface area contributed by atoms with Gasteiger partial charge in [0.25, 0.3) is 0 Å². The van der Waals surface area contributed by atoms with E-state index in [2.05, 4.69) is 11.6 Å². The maximum atomic E-state index is 8.87. The lowest BCUT2D eigenvalue weighted by Crippen LogP contribution is -2.27. The molecular weight excluding hydrogens is 200 g/mol. The summed E-state index contributed by atoms with van der Waals surface area (Å²) >= 11 is 5.97. The van der Waals surface area contributed by atoms with Crippen LogP contribution in [0.5, 0.6) is 0 Å². The van der Waals surface area contributed by atoms with Gasteiger partial charge in [0.1, 0.15) is 5.82 Å². The number of aromatic nitrogens is 1. The second-order valence-corrected chi connectivity index (χ2v) is 3.17. The van der Waals surface area contributed by atoms with E-state index in [0.717, 1.165) is 0 Å². The third-order valence-electron chi connectivity index (χ3n) is 1.76. The van der Waals surface area contributed by atoms with E-state index in [4.69, 9.17) is 16.7 Å². The van der Waals surface area contributed by atoms with Gasteiger partial charge in [-0.15, -0.1) is 6.58 Å². The molecule has 1 N–H and O–H groups in total. The second-order valence-electron chi connectivity index (χ2n) is 2.77. The zero-order valence-electron chi connectivity index (χ0n) is 7.86. The van der Waals surface area contributed by atoms with E-state index < -0.39 is 0 Å². The van der Waals surface area contributed by atoms with Crippen molar-refractivity contribution in [2.75, 3.05) is 24.6 Å². The number of rotatable bonds is 5. The van der Waals surface area contributed by atoms with Crippen LogP contribution in [0.25, 0.3) is 0 Å². The molecule has 0 fully saturated rings. The highest BCUT2D eigenvalue weighted by Gasteiger charge is 2.08. The summed E-state index contributed by atoms with van der Waals surface area (Å²) in [5, 5.41) is 9.45. The highest BCUT2D eigenvalue weighted by Crippen LogP contribution is 2.21. The van der Waals surface area contributed by atoms with E-state index in [-0.39, 0.29) is 6.61 Å². The van der Waals surface area contributed by atoms with Gasteiger partial charge in [0.15, 0.2) is 0 Å². The molecule has 0 aliphatic heterocycles. The zero-order valence-corrected chi connectivity index (χ0v) is 8.61. The molecule has 0 spiro atoms. The van der Waals surface area contributed by atoms with Gasteiger partial charge < -0.3 is 10.0 Å². The fraction of sp³-hybridized carbons (Fsp3) is 0.300. The topological polar surface area (TPSA) is 36.4 Å². The number of pyridine rings is 1. The smallest absolute Gasteiger partial charge is 0.147 e. The quantitative estimate of drug-likeness (QED) is 0.756. The summed E-state index contributed by atoms with van der Waals surface area (Å²) in [4.78, 5) is 6.02. The Morgan fingerprint density at radius 2 is 2.43 bits per heavy atom. The second kappa shape index (κ2) is 5.62. The Hall–Kier alpha value is -1.06. The van der Waals surface area contributed by atoms with E-state index >= 15 is 0 Å². The number of hydrogen-bond acceptors (Lipinski definition) is 3. The number of aliphatic hydroxyl groups excluding tert-OH is 1. The largest absolute Gasteiger partial charge is 0.395 e. The van der Waals surface area contributed by atoms with E-state index in [1.165, 1.54) is 0 Å². The summed E-state index contributed by atoms with van der Waals surface area (Å²) in [5.74, 6) is 0.683. The molecule has 0 bridgehead atoms. The van der Waals surface area contributed by atoms with Crippen molar-refractivity contribution in [3.8, 4) is 0 Å². The maximum absolute atomic E-state index is 8.87. The Bertz CT molecular complexity index is 304. The molecule has 0 aliphatic carbocycles. The molecular formula is C10H13ClN2O. The molecule has 0 saturated heterocycles. The Kier molecular flexibility index (Phi) is 4.43. The van der Waals surface area contributed by atoms with E-state index in [0.29, 0.717) is 23.9 Å². The Balaban J connectivity index is 2.86. The molecule has 1 heterocycles. The molecule has 0 amide bonds. The van der Waals surface area contributed by atoms with Gasteiger partial charge in [-0.05, 0) is 12.1 Å². The predicted octanol–water partition coefficient (Wildman–Crippen LogP) is 1.72. The van der Waals surface area contributed by atoms with Crippen molar-refractivity contribution in [3.63, 3.8) is 0 Å². The molecule has 3 nitrogen and oxygen atoms in total. The summed E-state index contributed by atoms with van der Waals surface area (Å²) in [6.07, 6.45) is 3.43. The average molecular weight is 213 g/mol. The summed E-state index contributed by atoms with van der Waals surface area (Å²) in [5.41, 5.74) is 0. The van der Waals surface area contributed by atoms with Crippen LogP contribution < -0.4 is 4.90 Å². The molecule has 76 valence electrons. The first kappa shape index (κ1) is 11.0. The van der Waals surface area contributed by atoms with Crippen LogP contribution in [-0.2, 0) is 0 Å². The van der Waals surface area contributed by atoms with E-state index in [9.17, 15) is 0 Å². The van der Waals surface area contributed by atoms with Gasteiger partial charge in [0.2, 0.25) is 0 Å².